The second-order valence-electron chi connectivity index (χ2n) is 5.25. The number of anilines is 1. The summed E-state index contributed by atoms with van der Waals surface area (Å²) in [7, 11) is 0. The average Bonchev–Trinajstić information content (AvgIpc) is 3.32. The van der Waals surface area contributed by atoms with E-state index in [4.69, 9.17) is 0 Å². The van der Waals surface area contributed by atoms with Gasteiger partial charge in [-0.25, -0.2) is 15.0 Å². The number of hydrogen-bond acceptors (Lipinski definition) is 8. The largest absolute Gasteiger partial charge is 0.296 e. The molecule has 0 radical (unpaired) electrons. The van der Waals surface area contributed by atoms with Crippen LogP contribution in [0.2, 0.25) is 0 Å². The van der Waals surface area contributed by atoms with Crippen molar-refractivity contribution in [3.05, 3.63) is 59.8 Å². The minimum Gasteiger partial charge on any atom is -0.296 e. The highest BCUT2D eigenvalue weighted by Gasteiger charge is 2.17. The number of rotatable bonds is 4. The first-order valence-electron chi connectivity index (χ1n) is 7.59. The molecular formula is C16H12N8OS. The number of thiazole rings is 1. The van der Waals surface area contributed by atoms with Crippen molar-refractivity contribution in [2.75, 3.05) is 5.32 Å². The number of carbonyl (C=O) groups is 1. The summed E-state index contributed by atoms with van der Waals surface area (Å²) in [5, 5.41) is 12.8. The Bertz CT molecular complexity index is 1060. The maximum absolute atomic E-state index is 12.6. The summed E-state index contributed by atoms with van der Waals surface area (Å²) >= 11 is 1.32. The van der Waals surface area contributed by atoms with Gasteiger partial charge in [0.15, 0.2) is 16.6 Å². The third kappa shape index (κ3) is 3.17. The summed E-state index contributed by atoms with van der Waals surface area (Å²) in [6.45, 7) is 1.92. The standard InChI is InChI=1S/C16H12N8OS/c1-10-3-2-4-11(20-10)12-8-26-16(21-12)22-15(25)13-7-19-23-24(13)14-5-6-17-9-18-14/h2-9H,1H3,(H,21,22,25). The summed E-state index contributed by atoms with van der Waals surface area (Å²) < 4.78 is 1.34. The minimum absolute atomic E-state index is 0.245. The number of nitrogens with one attached hydrogen (secondary N) is 1. The monoisotopic (exact) mass is 364 g/mol. The molecule has 1 N–H and O–H groups in total. The smallest absolute Gasteiger partial charge is 0.277 e. The van der Waals surface area contributed by atoms with Crippen LogP contribution in [0.15, 0.2) is 48.4 Å². The van der Waals surface area contributed by atoms with Gasteiger partial charge in [-0.2, -0.15) is 4.68 Å². The van der Waals surface area contributed by atoms with Crippen LogP contribution < -0.4 is 5.32 Å². The average molecular weight is 364 g/mol. The molecule has 0 saturated heterocycles. The van der Waals surface area contributed by atoms with Gasteiger partial charge in [0.25, 0.3) is 5.91 Å². The number of carbonyl (C=O) groups excluding carboxylic acids is 1. The zero-order valence-corrected chi connectivity index (χ0v) is 14.4. The topological polar surface area (TPSA) is 111 Å². The van der Waals surface area contributed by atoms with Crippen molar-refractivity contribution in [3.63, 3.8) is 0 Å². The Morgan fingerprint density at radius 2 is 2.12 bits per heavy atom. The van der Waals surface area contributed by atoms with Crippen LogP contribution in [-0.4, -0.2) is 40.8 Å². The maximum atomic E-state index is 12.6. The molecule has 128 valence electrons. The zero-order chi connectivity index (χ0) is 17.9. The lowest BCUT2D eigenvalue weighted by Crippen LogP contribution is -2.17. The molecule has 4 aromatic heterocycles. The lowest BCUT2D eigenvalue weighted by atomic mass is 10.3. The van der Waals surface area contributed by atoms with E-state index in [0.717, 1.165) is 11.4 Å². The molecule has 0 aliphatic rings. The molecule has 4 heterocycles. The summed E-state index contributed by atoms with van der Waals surface area (Å²) in [6, 6.07) is 7.35. The van der Waals surface area contributed by atoms with Crippen molar-refractivity contribution in [2.45, 2.75) is 6.92 Å². The minimum atomic E-state index is -0.383. The van der Waals surface area contributed by atoms with E-state index in [1.165, 1.54) is 28.5 Å². The summed E-state index contributed by atoms with van der Waals surface area (Å²) in [6.07, 6.45) is 4.31. The number of amides is 1. The second kappa shape index (κ2) is 6.76. The molecule has 0 spiro atoms. The van der Waals surface area contributed by atoms with E-state index in [2.05, 4.69) is 35.6 Å². The molecule has 0 aliphatic carbocycles. The first kappa shape index (κ1) is 16.0. The number of aromatic nitrogens is 7. The van der Waals surface area contributed by atoms with Crippen LogP contribution >= 0.6 is 11.3 Å². The molecule has 9 nitrogen and oxygen atoms in total. The number of hydrogen-bond donors (Lipinski definition) is 1. The number of nitrogens with zero attached hydrogens (tertiary/aromatic N) is 7. The highest BCUT2D eigenvalue weighted by atomic mass is 32.1. The van der Waals surface area contributed by atoms with Crippen LogP contribution in [-0.2, 0) is 0 Å². The predicted molar refractivity (Wildman–Crippen MR) is 95.0 cm³/mol. The van der Waals surface area contributed by atoms with Crippen LogP contribution in [0, 0.1) is 6.92 Å². The molecule has 0 aliphatic heterocycles. The van der Waals surface area contributed by atoms with E-state index in [-0.39, 0.29) is 11.6 Å². The fourth-order valence-corrected chi connectivity index (χ4v) is 2.96. The molecule has 1 amide bonds. The van der Waals surface area contributed by atoms with Crippen molar-refractivity contribution in [3.8, 4) is 17.2 Å². The molecule has 0 saturated carbocycles. The Morgan fingerprint density at radius 3 is 2.92 bits per heavy atom. The molecule has 10 heteroatoms. The third-order valence-electron chi connectivity index (χ3n) is 3.44. The van der Waals surface area contributed by atoms with Crippen molar-refractivity contribution < 1.29 is 4.79 Å². The van der Waals surface area contributed by atoms with E-state index in [0.29, 0.717) is 16.6 Å². The molecule has 26 heavy (non-hydrogen) atoms. The van der Waals surface area contributed by atoms with Gasteiger partial charge in [-0.15, -0.1) is 16.4 Å². The van der Waals surface area contributed by atoms with Crippen LogP contribution in [0.25, 0.3) is 17.2 Å². The lowest BCUT2D eigenvalue weighted by Gasteiger charge is -2.04. The van der Waals surface area contributed by atoms with Crippen LogP contribution in [0.5, 0.6) is 0 Å². The van der Waals surface area contributed by atoms with E-state index in [9.17, 15) is 4.79 Å². The van der Waals surface area contributed by atoms with Gasteiger partial charge in [-0.3, -0.25) is 15.1 Å². The first-order chi connectivity index (χ1) is 12.7. The van der Waals surface area contributed by atoms with Crippen molar-refractivity contribution in [2.24, 2.45) is 0 Å². The highest BCUT2D eigenvalue weighted by molar-refractivity contribution is 7.14. The number of aryl methyl sites for hydroxylation is 1. The van der Waals surface area contributed by atoms with Crippen LogP contribution in [0.1, 0.15) is 16.2 Å². The molecule has 0 atom stereocenters. The van der Waals surface area contributed by atoms with Gasteiger partial charge >= 0.3 is 0 Å². The van der Waals surface area contributed by atoms with Gasteiger partial charge in [-0.05, 0) is 19.1 Å². The van der Waals surface area contributed by atoms with E-state index in [1.807, 2.05) is 30.5 Å². The lowest BCUT2D eigenvalue weighted by molar-refractivity contribution is 0.101. The Hall–Kier alpha value is -3.53. The molecule has 0 fully saturated rings. The normalized spacial score (nSPS) is 10.7. The molecule has 0 bridgehead atoms. The second-order valence-corrected chi connectivity index (χ2v) is 6.11. The molecular weight excluding hydrogens is 352 g/mol. The van der Waals surface area contributed by atoms with Gasteiger partial charge in [0.05, 0.1) is 11.9 Å². The summed E-state index contributed by atoms with van der Waals surface area (Å²) in [5.74, 6) is 0.0677. The van der Waals surface area contributed by atoms with E-state index >= 15 is 0 Å². The summed E-state index contributed by atoms with van der Waals surface area (Å²) in [5.41, 5.74) is 2.61. The van der Waals surface area contributed by atoms with E-state index in [1.54, 1.807) is 12.3 Å². The highest BCUT2D eigenvalue weighted by Crippen LogP contribution is 2.24. The fraction of sp³-hybridized carbons (Fsp3) is 0.0625. The van der Waals surface area contributed by atoms with Gasteiger partial charge in [0.1, 0.15) is 12.0 Å². The van der Waals surface area contributed by atoms with Crippen molar-refractivity contribution in [1.82, 2.24) is 34.9 Å². The molecule has 0 unspecified atom stereocenters. The summed E-state index contributed by atoms with van der Waals surface area (Å²) in [4.78, 5) is 29.3. The predicted octanol–water partition coefficient (Wildman–Crippen LogP) is 2.14. The van der Waals surface area contributed by atoms with Crippen LogP contribution in [0.4, 0.5) is 5.13 Å². The SMILES string of the molecule is Cc1cccc(-c2csc(NC(=O)c3cnnn3-c3ccncn3)n2)n1. The Kier molecular flexibility index (Phi) is 4.15. The molecule has 0 aromatic carbocycles. The van der Waals surface area contributed by atoms with Crippen LogP contribution in [0.3, 0.4) is 0 Å². The zero-order valence-electron chi connectivity index (χ0n) is 13.6. The maximum Gasteiger partial charge on any atom is 0.277 e. The molecule has 4 aromatic rings. The van der Waals surface area contributed by atoms with Crippen molar-refractivity contribution in [1.29, 1.82) is 0 Å². The van der Waals surface area contributed by atoms with E-state index < -0.39 is 0 Å². The van der Waals surface area contributed by atoms with Crippen molar-refractivity contribution >= 4 is 22.4 Å². The van der Waals surface area contributed by atoms with Gasteiger partial charge < -0.3 is 0 Å². The Labute approximate surface area is 151 Å². The first-order valence-corrected chi connectivity index (χ1v) is 8.47. The fourth-order valence-electron chi connectivity index (χ4n) is 2.26. The van der Waals surface area contributed by atoms with Gasteiger partial charge in [0.2, 0.25) is 0 Å². The van der Waals surface area contributed by atoms with Gasteiger partial charge in [0, 0.05) is 23.3 Å². The molecule has 4 rings (SSSR count). The number of pyridine rings is 1. The third-order valence-corrected chi connectivity index (χ3v) is 4.20. The quantitative estimate of drug-likeness (QED) is 0.590. The Morgan fingerprint density at radius 1 is 1.19 bits per heavy atom. The van der Waals surface area contributed by atoms with Gasteiger partial charge in [-0.1, -0.05) is 11.3 Å². The Balaban J connectivity index is 1.56.